The van der Waals surface area contributed by atoms with Crippen LogP contribution >= 0.6 is 0 Å². The van der Waals surface area contributed by atoms with Gasteiger partial charge in [-0.05, 0) is 69.6 Å². The second-order valence-electron chi connectivity index (χ2n) is 11.7. The standard InChI is InChI=1S/C35H39N5O2/c1-37(2)30-19-23-39(24-20-30)34(41)29-13-15-31(16-14-29)40-35(42)32(33(36-40)28-11-7-4-8-12-28)27-17-21-38(22-18-27)25-26-9-5-3-6-10-26/h3-16,30H,17-25H2,1-2H3. The van der Waals surface area contributed by atoms with E-state index in [9.17, 15) is 9.59 Å². The Morgan fingerprint density at radius 1 is 0.833 bits per heavy atom. The highest BCUT2D eigenvalue weighted by Crippen LogP contribution is 2.32. The van der Waals surface area contributed by atoms with E-state index in [0.717, 1.165) is 75.3 Å². The van der Waals surface area contributed by atoms with E-state index < -0.39 is 0 Å². The Bertz CT molecular complexity index is 1460. The number of benzene rings is 3. The number of carbonyl (C=O) groups is 2. The summed E-state index contributed by atoms with van der Waals surface area (Å²) < 4.78 is 0. The molecule has 0 spiro atoms. The van der Waals surface area contributed by atoms with Crippen molar-refractivity contribution >= 4 is 23.2 Å². The fourth-order valence-electron chi connectivity index (χ4n) is 6.28. The fraction of sp³-hybridized carbons (Fsp3) is 0.343. The van der Waals surface area contributed by atoms with Gasteiger partial charge in [-0.3, -0.25) is 14.5 Å². The minimum atomic E-state index is -0.0924. The van der Waals surface area contributed by atoms with E-state index in [1.54, 1.807) is 0 Å². The van der Waals surface area contributed by atoms with E-state index in [-0.39, 0.29) is 11.8 Å². The van der Waals surface area contributed by atoms with Crippen LogP contribution in [0.4, 0.5) is 5.69 Å². The van der Waals surface area contributed by atoms with Crippen molar-refractivity contribution in [2.45, 2.75) is 38.3 Å². The summed E-state index contributed by atoms with van der Waals surface area (Å²) >= 11 is 0. The Morgan fingerprint density at radius 2 is 1.45 bits per heavy atom. The summed E-state index contributed by atoms with van der Waals surface area (Å²) in [5.74, 6) is -0.0461. The van der Waals surface area contributed by atoms with Crippen molar-refractivity contribution in [1.29, 1.82) is 0 Å². The SMILES string of the molecule is CN(C)C1CCN(C(=O)c2ccc(N3N=C(c4ccccc4)C(=C4CCN(Cc5ccccc5)CC4)C3=O)cc2)CC1. The molecule has 3 aromatic rings. The van der Waals surface area contributed by atoms with Gasteiger partial charge >= 0.3 is 0 Å². The van der Waals surface area contributed by atoms with Crippen LogP contribution < -0.4 is 5.01 Å². The van der Waals surface area contributed by atoms with Crippen molar-refractivity contribution in [2.75, 3.05) is 45.3 Å². The highest BCUT2D eigenvalue weighted by molar-refractivity contribution is 6.35. The van der Waals surface area contributed by atoms with E-state index in [2.05, 4.69) is 48.2 Å². The molecule has 6 rings (SSSR count). The van der Waals surface area contributed by atoms with E-state index in [1.165, 1.54) is 16.1 Å². The molecule has 7 heteroatoms. The maximum absolute atomic E-state index is 14.0. The van der Waals surface area contributed by atoms with E-state index in [4.69, 9.17) is 5.10 Å². The second kappa shape index (κ2) is 12.4. The molecular formula is C35H39N5O2. The van der Waals surface area contributed by atoms with Crippen molar-refractivity contribution in [2.24, 2.45) is 5.10 Å². The highest BCUT2D eigenvalue weighted by atomic mass is 16.2. The van der Waals surface area contributed by atoms with Crippen molar-refractivity contribution in [3.8, 4) is 0 Å². The third-order valence-corrected chi connectivity index (χ3v) is 8.79. The summed E-state index contributed by atoms with van der Waals surface area (Å²) in [7, 11) is 4.20. The minimum Gasteiger partial charge on any atom is -0.339 e. The van der Waals surface area contributed by atoms with Gasteiger partial charge in [0.1, 0.15) is 5.71 Å². The first-order chi connectivity index (χ1) is 20.5. The van der Waals surface area contributed by atoms with Crippen LogP contribution in [-0.4, -0.2) is 78.5 Å². The molecule has 3 aliphatic heterocycles. The van der Waals surface area contributed by atoms with Crippen LogP contribution in [0, 0.1) is 0 Å². The molecule has 2 fully saturated rings. The number of carbonyl (C=O) groups excluding carboxylic acids is 2. The number of hydrazone groups is 1. The Labute approximate surface area is 248 Å². The van der Waals surface area contributed by atoms with Gasteiger partial charge in [0, 0.05) is 49.9 Å². The molecule has 3 aromatic carbocycles. The van der Waals surface area contributed by atoms with Gasteiger partial charge < -0.3 is 9.80 Å². The van der Waals surface area contributed by atoms with Gasteiger partial charge in [-0.2, -0.15) is 10.1 Å². The molecule has 0 N–H and O–H groups in total. The molecule has 2 saturated heterocycles. The minimum absolute atomic E-state index is 0.0463. The van der Waals surface area contributed by atoms with Crippen molar-refractivity contribution in [3.63, 3.8) is 0 Å². The lowest BCUT2D eigenvalue weighted by atomic mass is 9.92. The number of piperidine rings is 2. The van der Waals surface area contributed by atoms with E-state index >= 15 is 0 Å². The zero-order valence-electron chi connectivity index (χ0n) is 24.6. The average molecular weight is 562 g/mol. The molecule has 42 heavy (non-hydrogen) atoms. The topological polar surface area (TPSA) is 59.5 Å². The third-order valence-electron chi connectivity index (χ3n) is 8.79. The molecule has 0 saturated carbocycles. The van der Waals surface area contributed by atoms with Crippen molar-refractivity contribution < 1.29 is 9.59 Å². The molecule has 0 aliphatic carbocycles. The number of rotatable bonds is 6. The first kappa shape index (κ1) is 28.1. The lowest BCUT2D eigenvalue weighted by Gasteiger charge is -2.35. The third kappa shape index (κ3) is 5.94. The molecule has 0 aromatic heterocycles. The summed E-state index contributed by atoms with van der Waals surface area (Å²) in [5, 5.41) is 6.38. The Morgan fingerprint density at radius 3 is 2.07 bits per heavy atom. The van der Waals surface area contributed by atoms with Gasteiger partial charge in [-0.25, -0.2) is 0 Å². The molecule has 7 nitrogen and oxygen atoms in total. The maximum Gasteiger partial charge on any atom is 0.280 e. The number of anilines is 1. The van der Waals surface area contributed by atoms with Crippen LogP contribution in [0.2, 0.25) is 0 Å². The molecule has 0 atom stereocenters. The summed E-state index contributed by atoms with van der Waals surface area (Å²) in [6, 6.07) is 28.4. The smallest absolute Gasteiger partial charge is 0.280 e. The normalized spacial score (nSPS) is 18.6. The molecule has 0 radical (unpaired) electrons. The van der Waals surface area contributed by atoms with Gasteiger partial charge in [0.25, 0.3) is 11.8 Å². The van der Waals surface area contributed by atoms with Crippen LogP contribution in [0.15, 0.2) is 101 Å². The predicted molar refractivity (Wildman–Crippen MR) is 167 cm³/mol. The first-order valence-corrected chi connectivity index (χ1v) is 15.0. The summed E-state index contributed by atoms with van der Waals surface area (Å²) in [5.41, 5.74) is 6.19. The number of nitrogens with zero attached hydrogens (tertiary/aromatic N) is 5. The quantitative estimate of drug-likeness (QED) is 0.389. The van der Waals surface area contributed by atoms with Gasteiger partial charge in [-0.1, -0.05) is 66.2 Å². The summed E-state index contributed by atoms with van der Waals surface area (Å²) in [6.45, 7) is 4.26. The Hall–Kier alpha value is -4.07. The Kier molecular flexibility index (Phi) is 8.31. The van der Waals surface area contributed by atoms with Crippen LogP contribution in [0.3, 0.4) is 0 Å². The lowest BCUT2D eigenvalue weighted by Crippen LogP contribution is -2.44. The molecule has 3 aliphatic rings. The van der Waals surface area contributed by atoms with Crippen LogP contribution in [0.1, 0.15) is 47.2 Å². The molecule has 2 amide bonds. The van der Waals surface area contributed by atoms with Crippen LogP contribution in [-0.2, 0) is 11.3 Å². The van der Waals surface area contributed by atoms with Crippen molar-refractivity contribution in [3.05, 3.63) is 113 Å². The Balaban J connectivity index is 1.20. The summed E-state index contributed by atoms with van der Waals surface area (Å²) in [6.07, 6.45) is 3.65. The zero-order chi connectivity index (χ0) is 29.1. The highest BCUT2D eigenvalue weighted by Gasteiger charge is 2.35. The molecule has 3 heterocycles. The molecule has 0 unspecified atom stereocenters. The van der Waals surface area contributed by atoms with Gasteiger partial charge in [0.2, 0.25) is 0 Å². The van der Waals surface area contributed by atoms with E-state index in [1.807, 2.05) is 65.6 Å². The maximum atomic E-state index is 14.0. The molecular weight excluding hydrogens is 522 g/mol. The van der Waals surface area contributed by atoms with Gasteiger partial charge in [0.15, 0.2) is 0 Å². The van der Waals surface area contributed by atoms with E-state index in [0.29, 0.717) is 17.3 Å². The van der Waals surface area contributed by atoms with Crippen LogP contribution in [0.5, 0.6) is 0 Å². The number of likely N-dealkylation sites (tertiary alicyclic amines) is 2. The summed E-state index contributed by atoms with van der Waals surface area (Å²) in [4.78, 5) is 33.8. The monoisotopic (exact) mass is 561 g/mol. The average Bonchev–Trinajstić information content (AvgIpc) is 3.39. The second-order valence-corrected chi connectivity index (χ2v) is 11.7. The number of hydrogen-bond donors (Lipinski definition) is 0. The van der Waals surface area contributed by atoms with Crippen LogP contribution in [0.25, 0.3) is 0 Å². The first-order valence-electron chi connectivity index (χ1n) is 15.0. The zero-order valence-corrected chi connectivity index (χ0v) is 24.6. The van der Waals surface area contributed by atoms with Crippen molar-refractivity contribution in [1.82, 2.24) is 14.7 Å². The molecule has 216 valence electrons. The fourth-order valence-corrected chi connectivity index (χ4v) is 6.28. The molecule has 0 bridgehead atoms. The number of amides is 2. The lowest BCUT2D eigenvalue weighted by molar-refractivity contribution is -0.114. The van der Waals surface area contributed by atoms with Gasteiger partial charge in [0.05, 0.1) is 11.3 Å². The number of hydrogen-bond acceptors (Lipinski definition) is 5. The predicted octanol–water partition coefficient (Wildman–Crippen LogP) is 5.20. The van der Waals surface area contributed by atoms with Gasteiger partial charge in [-0.15, -0.1) is 0 Å². The largest absolute Gasteiger partial charge is 0.339 e.